The van der Waals surface area contributed by atoms with E-state index in [1.54, 1.807) is 6.07 Å². The summed E-state index contributed by atoms with van der Waals surface area (Å²) in [5, 5.41) is 8.35. The second-order valence-electron chi connectivity index (χ2n) is 2.69. The number of rotatable bonds is 2. The predicted molar refractivity (Wildman–Crippen MR) is 52.8 cm³/mol. The lowest BCUT2D eigenvalue weighted by atomic mass is 10.2. The molecule has 0 bridgehead atoms. The molecule has 0 N–H and O–H groups in total. The van der Waals surface area contributed by atoms with Gasteiger partial charge in [-0.3, -0.25) is 0 Å². The second-order valence-corrected chi connectivity index (χ2v) is 3.10. The summed E-state index contributed by atoms with van der Waals surface area (Å²) < 4.78 is 39.2. The number of halogens is 4. The minimum Gasteiger partial charge on any atom is -0.406 e. The van der Waals surface area contributed by atoms with Crippen molar-refractivity contribution in [1.29, 1.82) is 5.26 Å². The van der Waals surface area contributed by atoms with Gasteiger partial charge in [0.25, 0.3) is 0 Å². The summed E-state index contributed by atoms with van der Waals surface area (Å²) in [5.41, 5.74) is 0.442. The van der Waals surface area contributed by atoms with Crippen LogP contribution in [-0.2, 0) is 0 Å². The summed E-state index contributed by atoms with van der Waals surface area (Å²) in [6.45, 7) is 0. The molecule has 84 valence electrons. The third-order valence-corrected chi connectivity index (χ3v) is 1.87. The molecular weight excluding hydrogens is 243 g/mol. The molecule has 1 aromatic carbocycles. The van der Waals surface area contributed by atoms with Crippen molar-refractivity contribution in [1.82, 2.24) is 0 Å². The zero-order valence-electron chi connectivity index (χ0n) is 7.75. The van der Waals surface area contributed by atoms with Crippen LogP contribution in [0.3, 0.4) is 0 Å². The first-order valence-electron chi connectivity index (χ1n) is 4.04. The fourth-order valence-corrected chi connectivity index (χ4v) is 1.20. The van der Waals surface area contributed by atoms with Crippen LogP contribution in [0.5, 0.6) is 5.75 Å². The topological polar surface area (TPSA) is 33.0 Å². The molecule has 0 aliphatic heterocycles. The van der Waals surface area contributed by atoms with Gasteiger partial charge >= 0.3 is 6.36 Å². The van der Waals surface area contributed by atoms with Crippen LogP contribution >= 0.6 is 11.6 Å². The lowest BCUT2D eigenvalue weighted by Crippen LogP contribution is -2.17. The summed E-state index contributed by atoms with van der Waals surface area (Å²) in [6, 6.07) is 5.23. The third-order valence-electron chi connectivity index (χ3n) is 1.54. The molecule has 2 nitrogen and oxygen atoms in total. The number of ether oxygens (including phenoxy) is 1. The summed E-state index contributed by atoms with van der Waals surface area (Å²) in [6.07, 6.45) is -2.18. The van der Waals surface area contributed by atoms with Crippen molar-refractivity contribution in [2.45, 2.75) is 6.36 Å². The van der Waals surface area contributed by atoms with Gasteiger partial charge in [0.2, 0.25) is 0 Å². The Bertz CT molecular complexity index is 448. The molecule has 0 saturated carbocycles. The van der Waals surface area contributed by atoms with Gasteiger partial charge in [-0.05, 0) is 29.8 Å². The molecule has 0 heterocycles. The van der Waals surface area contributed by atoms with Crippen molar-refractivity contribution in [2.24, 2.45) is 0 Å². The number of nitriles is 1. The molecule has 0 aliphatic rings. The van der Waals surface area contributed by atoms with Gasteiger partial charge in [-0.1, -0.05) is 11.6 Å². The van der Waals surface area contributed by atoms with E-state index in [4.69, 9.17) is 16.9 Å². The quantitative estimate of drug-likeness (QED) is 0.745. The SMILES string of the molecule is N#CC=Cc1ccc(OC(F)(F)F)cc1Cl. The van der Waals surface area contributed by atoms with E-state index in [0.29, 0.717) is 5.56 Å². The van der Waals surface area contributed by atoms with Crippen molar-refractivity contribution in [3.63, 3.8) is 0 Å². The molecule has 0 radical (unpaired) electrons. The van der Waals surface area contributed by atoms with E-state index in [1.165, 1.54) is 18.2 Å². The lowest BCUT2D eigenvalue weighted by Gasteiger charge is -2.09. The van der Waals surface area contributed by atoms with Gasteiger partial charge < -0.3 is 4.74 Å². The maximum absolute atomic E-state index is 11.9. The highest BCUT2D eigenvalue weighted by molar-refractivity contribution is 6.32. The van der Waals surface area contributed by atoms with Crippen LogP contribution in [-0.4, -0.2) is 6.36 Å². The first kappa shape index (κ1) is 12.4. The third kappa shape index (κ3) is 3.83. The lowest BCUT2D eigenvalue weighted by molar-refractivity contribution is -0.274. The van der Waals surface area contributed by atoms with E-state index in [1.807, 2.05) is 0 Å². The Balaban J connectivity index is 2.92. The van der Waals surface area contributed by atoms with Gasteiger partial charge in [-0.15, -0.1) is 13.2 Å². The maximum atomic E-state index is 11.9. The van der Waals surface area contributed by atoms with Crippen LogP contribution in [0.15, 0.2) is 24.3 Å². The molecular formula is C10H5ClF3NO. The minimum atomic E-state index is -4.74. The fraction of sp³-hybridized carbons (Fsp3) is 0.100. The van der Waals surface area contributed by atoms with Crippen LogP contribution < -0.4 is 4.74 Å². The molecule has 6 heteroatoms. The normalized spacial score (nSPS) is 11.4. The van der Waals surface area contributed by atoms with Gasteiger partial charge in [0.15, 0.2) is 0 Å². The molecule has 1 rings (SSSR count). The van der Waals surface area contributed by atoms with Crippen molar-refractivity contribution < 1.29 is 17.9 Å². The zero-order chi connectivity index (χ0) is 12.2. The van der Waals surface area contributed by atoms with E-state index in [2.05, 4.69) is 4.74 Å². The van der Waals surface area contributed by atoms with Crippen LogP contribution in [0.25, 0.3) is 6.08 Å². The number of allylic oxidation sites excluding steroid dienone is 1. The van der Waals surface area contributed by atoms with Gasteiger partial charge in [0.05, 0.1) is 11.1 Å². The summed E-state index contributed by atoms with van der Waals surface area (Å²) >= 11 is 5.69. The number of hydrogen-bond donors (Lipinski definition) is 0. The molecule has 0 unspecified atom stereocenters. The molecule has 0 fully saturated rings. The van der Waals surface area contributed by atoms with Crippen molar-refractivity contribution in [2.75, 3.05) is 0 Å². The summed E-state index contributed by atoms with van der Waals surface area (Å²) in [5.74, 6) is -0.397. The number of hydrogen-bond acceptors (Lipinski definition) is 2. The maximum Gasteiger partial charge on any atom is 0.573 e. The van der Waals surface area contributed by atoms with Crippen molar-refractivity contribution >= 4 is 17.7 Å². The molecule has 0 aromatic heterocycles. The highest BCUT2D eigenvalue weighted by atomic mass is 35.5. The standard InChI is InChI=1S/C10H5ClF3NO/c11-9-6-8(16-10(12,13)14)4-3-7(9)2-1-5-15/h1-4,6H. The van der Waals surface area contributed by atoms with E-state index in [0.717, 1.165) is 12.1 Å². The average Bonchev–Trinajstić information content (AvgIpc) is 2.14. The van der Waals surface area contributed by atoms with E-state index in [-0.39, 0.29) is 5.02 Å². The van der Waals surface area contributed by atoms with Gasteiger partial charge in [0.1, 0.15) is 5.75 Å². The highest BCUT2D eigenvalue weighted by Crippen LogP contribution is 2.27. The first-order valence-corrected chi connectivity index (χ1v) is 4.41. The van der Waals surface area contributed by atoms with Gasteiger partial charge in [0, 0.05) is 6.08 Å². The second kappa shape index (κ2) is 4.90. The average molecular weight is 248 g/mol. The van der Waals surface area contributed by atoms with Crippen LogP contribution in [0.1, 0.15) is 5.56 Å². The van der Waals surface area contributed by atoms with Crippen LogP contribution in [0.2, 0.25) is 5.02 Å². The Morgan fingerprint density at radius 1 is 1.38 bits per heavy atom. The molecule has 1 aromatic rings. The molecule has 0 spiro atoms. The minimum absolute atomic E-state index is 0.0771. The van der Waals surface area contributed by atoms with Gasteiger partial charge in [-0.25, -0.2) is 0 Å². The van der Waals surface area contributed by atoms with Crippen molar-refractivity contribution in [3.8, 4) is 11.8 Å². The fourth-order valence-electron chi connectivity index (χ4n) is 0.967. The first-order chi connectivity index (χ1) is 7.42. The molecule has 0 saturated heterocycles. The highest BCUT2D eigenvalue weighted by Gasteiger charge is 2.31. The van der Waals surface area contributed by atoms with E-state index < -0.39 is 12.1 Å². The monoisotopic (exact) mass is 247 g/mol. The number of benzene rings is 1. The molecule has 0 amide bonds. The summed E-state index contributed by atoms with van der Waals surface area (Å²) in [7, 11) is 0. The Morgan fingerprint density at radius 2 is 2.06 bits per heavy atom. The van der Waals surface area contributed by atoms with Gasteiger partial charge in [-0.2, -0.15) is 5.26 Å². The summed E-state index contributed by atoms with van der Waals surface area (Å²) in [4.78, 5) is 0. The largest absolute Gasteiger partial charge is 0.573 e. The van der Waals surface area contributed by atoms with Crippen molar-refractivity contribution in [3.05, 3.63) is 34.9 Å². The predicted octanol–water partition coefficient (Wildman–Crippen LogP) is 3.78. The number of alkyl halides is 3. The molecule has 0 atom stereocenters. The van der Waals surface area contributed by atoms with Crippen LogP contribution in [0.4, 0.5) is 13.2 Å². The Hall–Kier alpha value is -1.67. The Kier molecular flexibility index (Phi) is 3.80. The molecule has 16 heavy (non-hydrogen) atoms. The Morgan fingerprint density at radius 3 is 2.56 bits per heavy atom. The zero-order valence-corrected chi connectivity index (χ0v) is 8.51. The smallest absolute Gasteiger partial charge is 0.406 e. The van der Waals surface area contributed by atoms with E-state index in [9.17, 15) is 13.2 Å². The Labute approximate surface area is 94.5 Å². The molecule has 0 aliphatic carbocycles. The number of nitrogens with zero attached hydrogens (tertiary/aromatic N) is 1. The van der Waals surface area contributed by atoms with E-state index >= 15 is 0 Å². The van der Waals surface area contributed by atoms with Crippen LogP contribution in [0, 0.1) is 11.3 Å².